The molecule has 1 aromatic rings. The second-order valence-electron chi connectivity index (χ2n) is 10.1. The van der Waals surface area contributed by atoms with Crippen LogP contribution in [0.15, 0.2) is 23.1 Å². The molecule has 0 aliphatic heterocycles. The number of aryl methyl sites for hydroxylation is 1. The fourth-order valence-electron chi connectivity index (χ4n) is 4.69. The van der Waals surface area contributed by atoms with Crippen molar-refractivity contribution < 1.29 is 12.4 Å². The van der Waals surface area contributed by atoms with E-state index in [1.807, 2.05) is 6.07 Å². The van der Waals surface area contributed by atoms with Gasteiger partial charge in [-0.05, 0) is 0 Å². The zero-order valence-corrected chi connectivity index (χ0v) is 23.6. The second-order valence-corrected chi connectivity index (χ2v) is 17.7. The Labute approximate surface area is 200 Å². The predicted octanol–water partition coefficient (Wildman–Crippen LogP) is 8.58. The summed E-state index contributed by atoms with van der Waals surface area (Å²) in [5, 5.41) is 0. The van der Waals surface area contributed by atoms with Crippen molar-refractivity contribution in [1.29, 1.82) is 0 Å². The van der Waals surface area contributed by atoms with E-state index in [1.165, 1.54) is 5.56 Å². The number of hydrogen-bond acceptors (Lipinski definition) is 3. The van der Waals surface area contributed by atoms with Gasteiger partial charge >= 0.3 is 200 Å². The van der Waals surface area contributed by atoms with E-state index < -0.39 is 16.9 Å². The molecule has 0 bridgehead atoms. The minimum atomic E-state index is -3.82. The van der Waals surface area contributed by atoms with Gasteiger partial charge in [0.2, 0.25) is 0 Å². The first-order chi connectivity index (χ1) is 15.2. The van der Waals surface area contributed by atoms with Gasteiger partial charge in [0.25, 0.3) is 0 Å². The van der Waals surface area contributed by atoms with Gasteiger partial charge in [-0.1, -0.05) is 0 Å². The van der Waals surface area contributed by atoms with Gasteiger partial charge < -0.3 is 0 Å². The fraction of sp³-hybridized carbons (Fsp3) is 0.778. The molecule has 32 heavy (non-hydrogen) atoms. The van der Waals surface area contributed by atoms with Crippen molar-refractivity contribution in [2.45, 2.75) is 117 Å². The van der Waals surface area contributed by atoms with E-state index in [-0.39, 0.29) is 0 Å². The number of benzene rings is 1. The van der Waals surface area contributed by atoms with Crippen LogP contribution in [0.1, 0.15) is 110 Å². The standard InChI is InChI=1S/C27H51O3PS/c1-7-12-18-25-19-17-21-27(26(25)20-13-8-2)32(28,29)30-31(6,22-14-9-3,23-15-10-4)24-16-11-5/h17,19,21H,7-16,18,20,22-24H2,1-6H3. The third-order valence-electron chi connectivity index (χ3n) is 6.84. The van der Waals surface area contributed by atoms with Gasteiger partial charge in [0.15, 0.2) is 0 Å². The van der Waals surface area contributed by atoms with Crippen LogP contribution in [0.3, 0.4) is 0 Å². The van der Waals surface area contributed by atoms with Crippen LogP contribution in [0.5, 0.6) is 0 Å². The molecule has 0 radical (unpaired) electrons. The van der Waals surface area contributed by atoms with Crippen molar-refractivity contribution in [3.63, 3.8) is 0 Å². The van der Waals surface area contributed by atoms with Crippen molar-refractivity contribution >= 4 is 16.9 Å². The SMILES string of the molecule is CCCCc1cccc(S(=O)(=O)OP(C)(CCCC)(CCCC)CCCC)c1CCCC. The first-order valence-corrected chi connectivity index (χ1v) is 17.8. The number of hydrogen-bond donors (Lipinski definition) is 0. The Morgan fingerprint density at radius 3 is 1.66 bits per heavy atom. The van der Waals surface area contributed by atoms with E-state index in [9.17, 15) is 8.42 Å². The van der Waals surface area contributed by atoms with E-state index in [1.54, 1.807) is 6.07 Å². The molecule has 3 nitrogen and oxygen atoms in total. The van der Waals surface area contributed by atoms with Gasteiger partial charge in [-0.3, -0.25) is 0 Å². The first-order valence-electron chi connectivity index (χ1n) is 13.3. The molecular weight excluding hydrogens is 435 g/mol. The van der Waals surface area contributed by atoms with Crippen molar-refractivity contribution in [3.8, 4) is 0 Å². The number of unbranched alkanes of at least 4 members (excludes halogenated alkanes) is 5. The van der Waals surface area contributed by atoms with E-state index in [0.717, 1.165) is 101 Å². The molecule has 0 heterocycles. The normalized spacial score (nSPS) is 13.8. The molecule has 0 aliphatic rings. The minimum absolute atomic E-state index is 0.444. The number of rotatable bonds is 18. The Hall–Kier alpha value is -0.440. The average Bonchev–Trinajstić information content (AvgIpc) is 2.77. The van der Waals surface area contributed by atoms with Crippen molar-refractivity contribution in [2.24, 2.45) is 0 Å². The second kappa shape index (κ2) is 14.1. The van der Waals surface area contributed by atoms with Crippen molar-refractivity contribution in [1.82, 2.24) is 0 Å². The monoisotopic (exact) mass is 486 g/mol. The summed E-state index contributed by atoms with van der Waals surface area (Å²) >= 11 is 0. The van der Waals surface area contributed by atoms with Crippen LogP contribution < -0.4 is 0 Å². The van der Waals surface area contributed by atoms with Crippen LogP contribution in [0.4, 0.5) is 0 Å². The third kappa shape index (κ3) is 8.73. The van der Waals surface area contributed by atoms with Crippen LogP contribution in [-0.2, 0) is 26.9 Å². The summed E-state index contributed by atoms with van der Waals surface area (Å²) in [6, 6.07) is 5.85. The Bertz CT molecular complexity index is 749. The van der Waals surface area contributed by atoms with E-state index in [0.29, 0.717) is 4.90 Å². The quantitative estimate of drug-likeness (QED) is 0.195. The predicted molar refractivity (Wildman–Crippen MR) is 144 cm³/mol. The molecule has 0 amide bonds. The molecule has 0 saturated carbocycles. The van der Waals surface area contributed by atoms with E-state index >= 15 is 0 Å². The molecule has 0 N–H and O–H groups in total. The maximum absolute atomic E-state index is 14.0. The van der Waals surface area contributed by atoms with Gasteiger partial charge in [0.1, 0.15) is 0 Å². The van der Waals surface area contributed by atoms with E-state index in [2.05, 4.69) is 47.3 Å². The molecule has 0 aromatic heterocycles. The Morgan fingerprint density at radius 2 is 1.19 bits per heavy atom. The van der Waals surface area contributed by atoms with Crippen LogP contribution in [0.25, 0.3) is 0 Å². The topological polar surface area (TPSA) is 43.4 Å². The molecule has 0 unspecified atom stereocenters. The van der Waals surface area contributed by atoms with Crippen LogP contribution >= 0.6 is 6.83 Å². The molecular formula is C27H51O3PS. The summed E-state index contributed by atoms with van der Waals surface area (Å²) in [6.45, 7) is 10.3. The summed E-state index contributed by atoms with van der Waals surface area (Å²) in [4.78, 5) is 0.444. The van der Waals surface area contributed by atoms with Crippen LogP contribution in [-0.4, -0.2) is 33.6 Å². The van der Waals surface area contributed by atoms with E-state index in [4.69, 9.17) is 3.97 Å². The molecule has 5 heteroatoms. The summed E-state index contributed by atoms with van der Waals surface area (Å²) in [7, 11) is -3.82. The third-order valence-corrected chi connectivity index (χ3v) is 15.1. The first kappa shape index (κ1) is 29.6. The molecule has 0 spiro atoms. The van der Waals surface area contributed by atoms with Gasteiger partial charge in [-0.25, -0.2) is 0 Å². The molecule has 0 atom stereocenters. The molecule has 0 saturated heterocycles. The Kier molecular flexibility index (Phi) is 13.0. The maximum atomic E-state index is 14.0. The Balaban J connectivity index is 3.51. The zero-order chi connectivity index (χ0) is 24.1. The van der Waals surface area contributed by atoms with Gasteiger partial charge in [-0.15, -0.1) is 0 Å². The summed E-state index contributed by atoms with van der Waals surface area (Å²) in [5.41, 5.74) is 2.20. The average molecular weight is 487 g/mol. The molecule has 1 rings (SSSR count). The molecule has 0 aliphatic carbocycles. The fourth-order valence-corrected chi connectivity index (χ4v) is 13.4. The summed E-state index contributed by atoms with van der Waals surface area (Å²) < 4.78 is 34.5. The van der Waals surface area contributed by atoms with Gasteiger partial charge in [0.05, 0.1) is 0 Å². The van der Waals surface area contributed by atoms with Crippen molar-refractivity contribution in [2.75, 3.05) is 25.2 Å². The van der Waals surface area contributed by atoms with Crippen LogP contribution in [0, 0.1) is 0 Å². The molecule has 188 valence electrons. The van der Waals surface area contributed by atoms with Gasteiger partial charge in [-0.2, -0.15) is 0 Å². The molecule has 0 fully saturated rings. The molecule has 1 aromatic carbocycles. The van der Waals surface area contributed by atoms with Gasteiger partial charge in [0, 0.05) is 0 Å². The zero-order valence-electron chi connectivity index (χ0n) is 21.9. The van der Waals surface area contributed by atoms with Crippen molar-refractivity contribution in [3.05, 3.63) is 29.3 Å². The Morgan fingerprint density at radius 1 is 0.719 bits per heavy atom. The summed E-state index contributed by atoms with van der Waals surface area (Å²) in [5.74, 6) is 0. The van der Waals surface area contributed by atoms with Crippen LogP contribution in [0.2, 0.25) is 0 Å². The summed E-state index contributed by atoms with van der Waals surface area (Å²) in [6.07, 6.45) is 15.1.